The lowest BCUT2D eigenvalue weighted by Crippen LogP contribution is -2.22. The number of pyridine rings is 1. The van der Waals surface area contributed by atoms with Gasteiger partial charge in [-0.15, -0.1) is 11.3 Å². The Balaban J connectivity index is 1.69. The van der Waals surface area contributed by atoms with E-state index in [1.54, 1.807) is 19.1 Å². The van der Waals surface area contributed by atoms with Crippen LogP contribution in [0, 0.1) is 6.92 Å². The molecule has 2 heterocycles. The number of alkyl halides is 2. The van der Waals surface area contributed by atoms with Crippen molar-refractivity contribution < 1.29 is 36.3 Å². The monoisotopic (exact) mass is 594 g/mol. The van der Waals surface area contributed by atoms with E-state index in [0.717, 1.165) is 26.4 Å². The molecule has 0 radical (unpaired) electrons. The number of carbonyl (C=O) groups is 2. The number of aryl methyl sites for hydroxylation is 1. The highest BCUT2D eigenvalue weighted by Gasteiger charge is 2.41. The number of halogens is 2. The summed E-state index contributed by atoms with van der Waals surface area (Å²) in [6.07, 6.45) is 1.21. The van der Waals surface area contributed by atoms with Gasteiger partial charge in [0, 0.05) is 11.8 Å². The van der Waals surface area contributed by atoms with E-state index in [-0.39, 0.29) is 28.4 Å². The molecule has 15 heteroatoms. The molecule has 0 aliphatic heterocycles. The summed E-state index contributed by atoms with van der Waals surface area (Å²) < 4.78 is 62.5. The number of hydrogen-bond acceptors (Lipinski definition) is 9. The van der Waals surface area contributed by atoms with Crippen LogP contribution in [0.5, 0.6) is 11.6 Å². The fraction of sp³-hybridized carbons (Fsp3) is 0.167. The second-order valence-electron chi connectivity index (χ2n) is 8.00. The number of carbonyl (C=O) groups excluding carboxylic acids is 2. The van der Waals surface area contributed by atoms with Crippen LogP contribution >= 0.6 is 20.6 Å². The number of aromatic nitrogens is 2. The lowest BCUT2D eigenvalue weighted by atomic mass is 10.1. The summed E-state index contributed by atoms with van der Waals surface area (Å²) in [6.45, 7) is 1.80. The zero-order valence-corrected chi connectivity index (χ0v) is 23.4. The standard InChI is InChI=1S/C24H21F2N4O6PS2/c1-12-28-16-7-8-18(35-2)20(21(16)38-12)23(32)30-17-11-27-19(36-3)10-15(17)22(31)29-13-5-4-6-14(9-13)39(33,34)24(25,26)37/h4-11H,37H2,1-3H3,(H,29,31)(H,30,32). The van der Waals surface area contributed by atoms with Crippen molar-refractivity contribution in [2.75, 3.05) is 24.9 Å². The van der Waals surface area contributed by atoms with Gasteiger partial charge in [0.1, 0.15) is 11.3 Å². The van der Waals surface area contributed by atoms with E-state index in [9.17, 15) is 26.8 Å². The van der Waals surface area contributed by atoms with Crippen LogP contribution < -0.4 is 20.1 Å². The van der Waals surface area contributed by atoms with Gasteiger partial charge in [0.2, 0.25) is 15.7 Å². The predicted molar refractivity (Wildman–Crippen MR) is 146 cm³/mol. The maximum absolute atomic E-state index is 13.6. The SMILES string of the molecule is COc1cc(C(=O)Nc2cccc(S(=O)(=O)C(F)(F)P)c2)c(NC(=O)c2c(OC)ccc3nc(C)sc23)cn1. The van der Waals surface area contributed by atoms with Crippen molar-refractivity contribution in [3.63, 3.8) is 0 Å². The average Bonchev–Trinajstić information content (AvgIpc) is 3.27. The van der Waals surface area contributed by atoms with Crippen LogP contribution in [-0.4, -0.2) is 49.4 Å². The molecule has 2 N–H and O–H groups in total. The van der Waals surface area contributed by atoms with Gasteiger partial charge in [-0.2, -0.15) is 8.78 Å². The zero-order chi connectivity index (χ0) is 28.5. The Bertz CT molecular complexity index is 1710. The molecule has 39 heavy (non-hydrogen) atoms. The fourth-order valence-corrected chi connectivity index (χ4v) is 5.80. The van der Waals surface area contributed by atoms with Crippen LogP contribution in [0.2, 0.25) is 0 Å². The molecule has 0 saturated heterocycles. The van der Waals surface area contributed by atoms with Crippen molar-refractivity contribution in [2.24, 2.45) is 0 Å². The van der Waals surface area contributed by atoms with Crippen LogP contribution in [-0.2, 0) is 9.84 Å². The van der Waals surface area contributed by atoms with Gasteiger partial charge in [0.15, 0.2) is 0 Å². The fourth-order valence-electron chi connectivity index (χ4n) is 3.59. The van der Waals surface area contributed by atoms with Crippen LogP contribution in [0.3, 0.4) is 0 Å². The highest BCUT2D eigenvalue weighted by atomic mass is 32.2. The van der Waals surface area contributed by atoms with Gasteiger partial charge in [0.25, 0.3) is 11.8 Å². The number of nitrogens with one attached hydrogen (secondary N) is 2. The molecule has 10 nitrogen and oxygen atoms in total. The Labute approximate surface area is 227 Å². The maximum atomic E-state index is 13.6. The third kappa shape index (κ3) is 5.68. The Morgan fingerprint density at radius 1 is 1.05 bits per heavy atom. The number of nitrogens with zero attached hydrogens (tertiary/aromatic N) is 2. The van der Waals surface area contributed by atoms with E-state index < -0.39 is 31.5 Å². The van der Waals surface area contributed by atoms with Gasteiger partial charge in [-0.25, -0.2) is 18.4 Å². The molecule has 1 atom stereocenters. The number of fused-ring (bicyclic) bond motifs is 1. The maximum Gasteiger partial charge on any atom is 0.359 e. The zero-order valence-electron chi connectivity index (χ0n) is 20.6. The topological polar surface area (TPSA) is 137 Å². The van der Waals surface area contributed by atoms with Gasteiger partial charge < -0.3 is 20.1 Å². The second kappa shape index (κ2) is 10.8. The van der Waals surface area contributed by atoms with Crippen molar-refractivity contribution in [1.29, 1.82) is 0 Å². The summed E-state index contributed by atoms with van der Waals surface area (Å²) in [4.78, 5) is 30.3. The predicted octanol–water partition coefficient (Wildman–Crippen LogP) is 4.72. The lowest BCUT2D eigenvalue weighted by Gasteiger charge is -2.15. The molecule has 0 spiro atoms. The summed E-state index contributed by atoms with van der Waals surface area (Å²) in [5.41, 5.74) is 0.638. The summed E-state index contributed by atoms with van der Waals surface area (Å²) in [5, 5.41) is 5.86. The van der Waals surface area contributed by atoms with E-state index in [2.05, 4.69) is 20.6 Å². The van der Waals surface area contributed by atoms with Gasteiger partial charge in [0.05, 0.1) is 51.8 Å². The van der Waals surface area contributed by atoms with Gasteiger partial charge in [-0.3, -0.25) is 9.59 Å². The number of sulfone groups is 1. The molecule has 2 aromatic carbocycles. The van der Waals surface area contributed by atoms with E-state index in [4.69, 9.17) is 9.47 Å². The summed E-state index contributed by atoms with van der Waals surface area (Å²) in [5.74, 6) is -1.05. The van der Waals surface area contributed by atoms with E-state index in [0.29, 0.717) is 16.0 Å². The van der Waals surface area contributed by atoms with Crippen LogP contribution in [0.25, 0.3) is 10.2 Å². The minimum atomic E-state index is -5.01. The van der Waals surface area contributed by atoms with Crippen molar-refractivity contribution in [2.45, 2.75) is 16.8 Å². The normalized spacial score (nSPS) is 11.7. The molecule has 4 aromatic rings. The van der Waals surface area contributed by atoms with Crippen molar-refractivity contribution in [1.82, 2.24) is 9.97 Å². The number of anilines is 2. The summed E-state index contributed by atoms with van der Waals surface area (Å²) >= 11 is 1.30. The van der Waals surface area contributed by atoms with Gasteiger partial charge >= 0.3 is 5.00 Å². The molecule has 0 bridgehead atoms. The minimum absolute atomic E-state index is 0.00105. The van der Waals surface area contributed by atoms with Crippen molar-refractivity contribution >= 4 is 63.8 Å². The van der Waals surface area contributed by atoms with Crippen LogP contribution in [0.1, 0.15) is 25.7 Å². The van der Waals surface area contributed by atoms with Crippen LogP contribution in [0.4, 0.5) is 20.2 Å². The number of thiazole rings is 1. The van der Waals surface area contributed by atoms with E-state index in [1.807, 2.05) is 0 Å². The number of benzene rings is 2. The molecular weight excluding hydrogens is 573 g/mol. The summed E-state index contributed by atoms with van der Waals surface area (Å²) in [7, 11) is -1.29. The second-order valence-corrected chi connectivity index (χ2v) is 12.4. The first-order chi connectivity index (χ1) is 18.3. The average molecular weight is 595 g/mol. The smallest absolute Gasteiger partial charge is 0.359 e. The quantitative estimate of drug-likeness (QED) is 0.280. The first-order valence-corrected chi connectivity index (χ1v) is 13.9. The molecule has 2 aromatic heterocycles. The molecule has 204 valence electrons. The highest BCUT2D eigenvalue weighted by Crippen LogP contribution is 2.36. The van der Waals surface area contributed by atoms with Crippen molar-refractivity contribution in [3.8, 4) is 11.6 Å². The highest BCUT2D eigenvalue weighted by molar-refractivity contribution is 7.96. The first kappa shape index (κ1) is 28.3. The van der Waals surface area contributed by atoms with Crippen molar-refractivity contribution in [3.05, 3.63) is 64.8 Å². The number of hydrogen-bond donors (Lipinski definition) is 2. The number of methoxy groups -OCH3 is 2. The molecule has 0 aliphatic carbocycles. The Morgan fingerprint density at radius 2 is 1.79 bits per heavy atom. The van der Waals surface area contributed by atoms with E-state index in [1.165, 1.54) is 50.0 Å². The number of ether oxygens (including phenoxy) is 2. The number of amides is 2. The van der Waals surface area contributed by atoms with Gasteiger partial charge in [-0.05, 0) is 46.5 Å². The minimum Gasteiger partial charge on any atom is -0.496 e. The molecule has 1 unspecified atom stereocenters. The third-order valence-electron chi connectivity index (χ3n) is 5.41. The molecular formula is C24H21F2N4O6PS2. The Morgan fingerprint density at radius 3 is 2.46 bits per heavy atom. The molecule has 0 saturated carbocycles. The molecule has 0 aliphatic rings. The summed E-state index contributed by atoms with van der Waals surface area (Å²) in [6, 6.07) is 9.01. The third-order valence-corrected chi connectivity index (χ3v) is 8.94. The molecule has 2 amide bonds. The Hall–Kier alpha value is -3.74. The van der Waals surface area contributed by atoms with E-state index >= 15 is 0 Å². The molecule has 4 rings (SSSR count). The van der Waals surface area contributed by atoms with Gasteiger partial charge in [-0.1, -0.05) is 6.07 Å². The number of rotatable bonds is 8. The lowest BCUT2D eigenvalue weighted by molar-refractivity contribution is 0.102. The van der Waals surface area contributed by atoms with Crippen LogP contribution in [0.15, 0.2) is 53.6 Å². The first-order valence-electron chi connectivity index (χ1n) is 11.0. The largest absolute Gasteiger partial charge is 0.496 e. The Kier molecular flexibility index (Phi) is 7.82. The molecule has 0 fully saturated rings.